The third-order valence-corrected chi connectivity index (χ3v) is 10.1. The van der Waals surface area contributed by atoms with Crippen LogP contribution in [0.25, 0.3) is 27.7 Å². The molecule has 286 valence electrons. The predicted octanol–water partition coefficient (Wildman–Crippen LogP) is 0.843. The Kier molecular flexibility index (Phi) is 10.8. The lowest BCUT2D eigenvalue weighted by molar-refractivity contribution is -0.528. The van der Waals surface area contributed by atoms with Crippen molar-refractivity contribution in [2.45, 2.75) is 47.8 Å². The maximum atomic E-state index is 16.8. The third-order valence-electron chi connectivity index (χ3n) is 10.1. The van der Waals surface area contributed by atoms with E-state index in [-0.39, 0.29) is 45.5 Å². The molecule has 1 heterocycles. The number of carboxylic acid groups (broad SMARTS) is 1. The van der Waals surface area contributed by atoms with Crippen molar-refractivity contribution in [3.05, 3.63) is 95.8 Å². The van der Waals surface area contributed by atoms with E-state index < -0.39 is 81.4 Å². The van der Waals surface area contributed by atoms with Gasteiger partial charge in [0.05, 0.1) is 28.8 Å². The first-order chi connectivity index (χ1) is 24.6. The lowest BCUT2D eigenvalue weighted by Gasteiger charge is -2.64. The summed E-state index contributed by atoms with van der Waals surface area (Å²) in [5.41, 5.74) is -2.51. The zero-order chi connectivity index (χ0) is 40.2. The number of anilines is 1. The standard InChI is InChI=1S/C35H37F2N3O11.CH4O/c1-5-21(11-10-20(36)15-51-4)40-23-13-19(14-38)27(39)26(37)25(23)24(17-6-8-18(9-7-17)29(41)42)28(40)32(22-12-16(22)2)30(43)33(45,46)35(49,50)34(47,48)31(32,3)44;1-2/h5-11,13-14,22,30,38,43-50H,1-2,12,15,39H2,3-4H3,(H,41,42);2H,1H3/b20-10+,21-11+,38-14?;/t22?,30?,31?,32-;/m1./s1. The van der Waals surface area contributed by atoms with E-state index in [9.17, 15) is 55.1 Å². The van der Waals surface area contributed by atoms with Crippen LogP contribution in [0.5, 0.6) is 0 Å². The van der Waals surface area contributed by atoms with Crippen molar-refractivity contribution in [1.29, 1.82) is 5.41 Å². The zero-order valence-electron chi connectivity index (χ0n) is 28.7. The fourth-order valence-corrected chi connectivity index (χ4v) is 7.27. The highest BCUT2D eigenvalue weighted by Gasteiger charge is 2.86. The number of fused-ring (bicyclic) bond motifs is 1. The normalized spacial score (nSPS) is 26.1. The minimum Gasteiger partial charge on any atom is -0.478 e. The number of aromatic carboxylic acids is 1. The summed E-state index contributed by atoms with van der Waals surface area (Å²) in [7, 11) is 2.23. The van der Waals surface area contributed by atoms with Gasteiger partial charge < -0.3 is 71.5 Å². The van der Waals surface area contributed by atoms with Gasteiger partial charge in [-0.05, 0) is 55.3 Å². The number of nitrogens with two attached hydrogens (primary N) is 1. The number of methoxy groups -OCH3 is 1. The van der Waals surface area contributed by atoms with Gasteiger partial charge in [0.15, 0.2) is 5.82 Å². The quantitative estimate of drug-likeness (QED) is 0.0451. The molecule has 0 bridgehead atoms. The molecule has 3 unspecified atom stereocenters. The third kappa shape index (κ3) is 5.64. The number of nitrogens with one attached hydrogen (secondary N) is 1. The Hall–Kier alpha value is -4.66. The molecule has 3 aromatic rings. The fourth-order valence-electron chi connectivity index (χ4n) is 7.27. The minimum absolute atomic E-state index is 0.0643. The number of nitrogens with zero attached hydrogens (tertiary/aromatic N) is 1. The molecule has 0 aliphatic heterocycles. The number of rotatable bonds is 10. The molecule has 4 atom stereocenters. The first kappa shape index (κ1) is 41.1. The second-order valence-electron chi connectivity index (χ2n) is 12.8. The van der Waals surface area contributed by atoms with Gasteiger partial charge in [0.1, 0.15) is 17.5 Å². The molecule has 17 heteroatoms. The number of aromatic nitrogens is 1. The largest absolute Gasteiger partial charge is 0.478 e. The van der Waals surface area contributed by atoms with E-state index >= 15 is 4.39 Å². The lowest BCUT2D eigenvalue weighted by Crippen LogP contribution is -2.90. The van der Waals surface area contributed by atoms with Gasteiger partial charge in [0.25, 0.3) is 17.4 Å². The molecular weight excluding hydrogens is 704 g/mol. The van der Waals surface area contributed by atoms with E-state index in [4.69, 9.17) is 21.0 Å². The average Bonchev–Trinajstić information content (AvgIpc) is 3.74. The predicted molar refractivity (Wildman–Crippen MR) is 187 cm³/mol. The van der Waals surface area contributed by atoms with Crippen molar-refractivity contribution in [2.24, 2.45) is 5.92 Å². The summed E-state index contributed by atoms with van der Waals surface area (Å²) in [4.78, 5) is 11.8. The molecule has 2 fully saturated rings. The van der Waals surface area contributed by atoms with Crippen LogP contribution in [0.1, 0.15) is 35.0 Å². The molecule has 0 radical (unpaired) electrons. The topological polar surface area (TPSA) is 283 Å². The Morgan fingerprint density at radius 1 is 1.09 bits per heavy atom. The summed E-state index contributed by atoms with van der Waals surface area (Å²) in [6.45, 7) is 7.81. The van der Waals surface area contributed by atoms with Crippen LogP contribution in [0.3, 0.4) is 0 Å². The number of halogens is 2. The van der Waals surface area contributed by atoms with Crippen LogP contribution < -0.4 is 5.73 Å². The van der Waals surface area contributed by atoms with Crippen molar-refractivity contribution >= 4 is 34.5 Å². The van der Waals surface area contributed by atoms with Crippen LogP contribution in [-0.4, -0.2) is 118 Å². The maximum absolute atomic E-state index is 16.8. The van der Waals surface area contributed by atoms with Crippen LogP contribution in [-0.2, 0) is 10.2 Å². The molecule has 0 saturated heterocycles. The molecule has 0 amide bonds. The van der Waals surface area contributed by atoms with Crippen molar-refractivity contribution < 1.29 is 69.4 Å². The van der Waals surface area contributed by atoms with Gasteiger partial charge in [0, 0.05) is 54.3 Å². The number of carbonyl (C=O) groups is 1. The van der Waals surface area contributed by atoms with Gasteiger partial charge in [-0.15, -0.1) is 0 Å². The SMILES string of the molecule is C=C/C(=C\C=C(\F)COC)n1c([C@]2(C3CC3=C)C(O)C(O)(O)C(O)(O)C(O)(O)C2(C)O)c(-c2ccc(C(=O)O)cc2)c2c(F)c(N)c(C=N)cc21.CO. The van der Waals surface area contributed by atoms with Crippen LogP contribution in [0.2, 0.25) is 0 Å². The average molecular weight is 746 g/mol. The summed E-state index contributed by atoms with van der Waals surface area (Å²) in [6.07, 6.45) is 0.707. The number of benzene rings is 2. The zero-order valence-corrected chi connectivity index (χ0v) is 28.7. The Balaban J connectivity index is 0.00000308. The Morgan fingerprint density at radius 3 is 2.13 bits per heavy atom. The number of hydrogen-bond acceptors (Lipinski definition) is 13. The molecule has 15 nitrogen and oxygen atoms in total. The van der Waals surface area contributed by atoms with Gasteiger partial charge in [0.2, 0.25) is 0 Å². The van der Waals surface area contributed by atoms with Gasteiger partial charge in [-0.1, -0.05) is 30.9 Å². The van der Waals surface area contributed by atoms with E-state index in [0.717, 1.165) is 42.0 Å². The highest BCUT2D eigenvalue weighted by molar-refractivity contribution is 6.06. The highest BCUT2D eigenvalue weighted by atomic mass is 19.1. The summed E-state index contributed by atoms with van der Waals surface area (Å²) in [5.74, 6) is -17.8. The monoisotopic (exact) mass is 745 g/mol. The molecule has 2 aromatic carbocycles. The lowest BCUT2D eigenvalue weighted by atomic mass is 9.50. The first-order valence-electron chi connectivity index (χ1n) is 15.7. The van der Waals surface area contributed by atoms with Gasteiger partial charge in [-0.2, -0.15) is 0 Å². The highest BCUT2D eigenvalue weighted by Crippen LogP contribution is 2.68. The van der Waals surface area contributed by atoms with Crippen molar-refractivity contribution in [1.82, 2.24) is 4.57 Å². The van der Waals surface area contributed by atoms with E-state index in [1.54, 1.807) is 0 Å². The summed E-state index contributed by atoms with van der Waals surface area (Å²) in [6, 6.07) is 5.87. The van der Waals surface area contributed by atoms with Crippen molar-refractivity contribution in [3.8, 4) is 11.1 Å². The number of allylic oxidation sites excluding steroid dienone is 5. The summed E-state index contributed by atoms with van der Waals surface area (Å²) >= 11 is 0. The maximum Gasteiger partial charge on any atom is 0.335 e. The molecule has 2 aliphatic rings. The first-order valence-corrected chi connectivity index (χ1v) is 15.7. The van der Waals surface area contributed by atoms with Crippen LogP contribution >= 0.6 is 0 Å². The number of carboxylic acids is 1. The summed E-state index contributed by atoms with van der Waals surface area (Å²) in [5, 5.41) is 116. The van der Waals surface area contributed by atoms with E-state index in [1.165, 1.54) is 25.3 Å². The minimum atomic E-state index is -4.46. The second kappa shape index (κ2) is 14.0. The second-order valence-corrected chi connectivity index (χ2v) is 12.8. The van der Waals surface area contributed by atoms with E-state index in [0.29, 0.717) is 13.1 Å². The van der Waals surface area contributed by atoms with Crippen LogP contribution in [0.15, 0.2) is 73.1 Å². The smallest absolute Gasteiger partial charge is 0.335 e. The number of aliphatic hydroxyl groups is 9. The van der Waals surface area contributed by atoms with E-state index in [1.807, 2.05) is 0 Å². The van der Waals surface area contributed by atoms with Gasteiger partial charge >= 0.3 is 5.97 Å². The molecule has 2 saturated carbocycles. The number of nitrogen functional groups attached to an aromatic ring is 1. The van der Waals surface area contributed by atoms with E-state index in [2.05, 4.69) is 13.2 Å². The Morgan fingerprint density at radius 2 is 1.66 bits per heavy atom. The number of aliphatic hydroxyl groups excluding tert-OH is 2. The van der Waals surface area contributed by atoms with Crippen LogP contribution in [0, 0.1) is 17.1 Å². The van der Waals surface area contributed by atoms with Gasteiger partial charge in [-0.25, -0.2) is 13.6 Å². The van der Waals surface area contributed by atoms with Gasteiger partial charge in [-0.3, -0.25) is 0 Å². The number of ether oxygens (including phenoxy) is 1. The Bertz CT molecular complexity index is 2050. The molecule has 2 aliphatic carbocycles. The van der Waals surface area contributed by atoms with Crippen molar-refractivity contribution in [3.63, 3.8) is 0 Å². The molecular formula is C36H41F2N3O12. The Labute approximate surface area is 300 Å². The van der Waals surface area contributed by atoms with Crippen LogP contribution in [0.4, 0.5) is 14.5 Å². The summed E-state index contributed by atoms with van der Waals surface area (Å²) < 4.78 is 37.4. The van der Waals surface area contributed by atoms with Crippen molar-refractivity contribution in [2.75, 3.05) is 26.6 Å². The molecule has 0 spiro atoms. The fraction of sp³-hybridized carbons (Fsp3) is 0.333. The molecule has 1 aromatic heterocycles. The molecule has 53 heavy (non-hydrogen) atoms. The molecule has 13 N–H and O–H groups in total. The number of hydrogen-bond donors (Lipinski definition) is 12. The molecule has 5 rings (SSSR count).